The number of nitrogens with one attached hydrogen (secondary N) is 1. The van der Waals surface area contributed by atoms with Gasteiger partial charge in [-0.1, -0.05) is 12.1 Å². The molecular formula is C18H18FN3O3. The van der Waals surface area contributed by atoms with E-state index in [1.54, 1.807) is 35.4 Å². The molecule has 1 aromatic heterocycles. The molecule has 0 spiro atoms. The molecule has 1 aliphatic heterocycles. The SMILES string of the molecule is O=C(COc1ccccc1F)NCc1ccnc(N2CCCC2=O)c1. The van der Waals surface area contributed by atoms with Crippen molar-refractivity contribution in [3.05, 3.63) is 54.0 Å². The average molecular weight is 343 g/mol. The molecule has 130 valence electrons. The lowest BCUT2D eigenvalue weighted by molar-refractivity contribution is -0.123. The van der Waals surface area contributed by atoms with E-state index < -0.39 is 5.82 Å². The summed E-state index contributed by atoms with van der Waals surface area (Å²) in [4.78, 5) is 29.5. The van der Waals surface area contributed by atoms with Gasteiger partial charge in [0.25, 0.3) is 5.91 Å². The molecule has 0 aliphatic carbocycles. The van der Waals surface area contributed by atoms with E-state index in [0.717, 1.165) is 12.0 Å². The van der Waals surface area contributed by atoms with Crippen LogP contribution in [0.1, 0.15) is 18.4 Å². The van der Waals surface area contributed by atoms with Crippen molar-refractivity contribution >= 4 is 17.6 Å². The largest absolute Gasteiger partial charge is 0.481 e. The van der Waals surface area contributed by atoms with Crippen LogP contribution in [0, 0.1) is 5.82 Å². The Balaban J connectivity index is 1.52. The van der Waals surface area contributed by atoms with Crippen molar-refractivity contribution in [2.75, 3.05) is 18.1 Å². The van der Waals surface area contributed by atoms with Gasteiger partial charge in [-0.2, -0.15) is 0 Å². The molecule has 1 fully saturated rings. The van der Waals surface area contributed by atoms with Crippen molar-refractivity contribution in [3.63, 3.8) is 0 Å². The van der Waals surface area contributed by atoms with Gasteiger partial charge in [0.15, 0.2) is 18.2 Å². The first-order chi connectivity index (χ1) is 12.1. The summed E-state index contributed by atoms with van der Waals surface area (Å²) in [5, 5.41) is 2.70. The number of carbonyl (C=O) groups is 2. The first-order valence-electron chi connectivity index (χ1n) is 8.03. The fourth-order valence-corrected chi connectivity index (χ4v) is 2.57. The zero-order valence-corrected chi connectivity index (χ0v) is 13.6. The molecule has 0 radical (unpaired) electrons. The molecule has 2 heterocycles. The summed E-state index contributed by atoms with van der Waals surface area (Å²) in [5.41, 5.74) is 0.823. The number of halogens is 1. The predicted octanol–water partition coefficient (Wildman–Crippen LogP) is 2.04. The van der Waals surface area contributed by atoms with Crippen molar-refractivity contribution < 1.29 is 18.7 Å². The number of nitrogens with zero attached hydrogens (tertiary/aromatic N) is 2. The molecule has 25 heavy (non-hydrogen) atoms. The van der Waals surface area contributed by atoms with E-state index in [1.165, 1.54) is 12.1 Å². The normalized spacial score (nSPS) is 13.8. The molecule has 3 rings (SSSR count). The maximum Gasteiger partial charge on any atom is 0.258 e. The highest BCUT2D eigenvalue weighted by atomic mass is 19.1. The summed E-state index contributed by atoms with van der Waals surface area (Å²) in [6.45, 7) is 0.665. The highest BCUT2D eigenvalue weighted by molar-refractivity contribution is 5.94. The smallest absolute Gasteiger partial charge is 0.258 e. The van der Waals surface area contributed by atoms with Crippen molar-refractivity contribution in [2.45, 2.75) is 19.4 Å². The van der Waals surface area contributed by atoms with Gasteiger partial charge in [0, 0.05) is 25.7 Å². The fourth-order valence-electron chi connectivity index (χ4n) is 2.57. The fraction of sp³-hybridized carbons (Fsp3) is 0.278. The van der Waals surface area contributed by atoms with Crippen LogP contribution in [-0.4, -0.2) is 29.9 Å². The van der Waals surface area contributed by atoms with Gasteiger partial charge in [0.05, 0.1) is 0 Å². The number of aromatic nitrogens is 1. The van der Waals surface area contributed by atoms with Gasteiger partial charge in [-0.05, 0) is 36.2 Å². The van der Waals surface area contributed by atoms with Crippen LogP contribution in [0.5, 0.6) is 5.75 Å². The van der Waals surface area contributed by atoms with Gasteiger partial charge in [0.1, 0.15) is 5.82 Å². The number of anilines is 1. The molecule has 2 amide bonds. The van der Waals surface area contributed by atoms with E-state index in [4.69, 9.17) is 4.74 Å². The Morgan fingerprint density at radius 1 is 1.32 bits per heavy atom. The van der Waals surface area contributed by atoms with E-state index in [0.29, 0.717) is 18.8 Å². The number of hydrogen-bond donors (Lipinski definition) is 1. The van der Waals surface area contributed by atoms with Crippen LogP contribution >= 0.6 is 0 Å². The summed E-state index contributed by atoms with van der Waals surface area (Å²) in [6, 6.07) is 9.46. The molecular weight excluding hydrogens is 325 g/mol. The number of ether oxygens (including phenoxy) is 1. The number of carbonyl (C=O) groups excluding carboxylic acids is 2. The third-order valence-corrected chi connectivity index (χ3v) is 3.84. The molecule has 1 N–H and O–H groups in total. The Hall–Kier alpha value is -2.96. The van der Waals surface area contributed by atoms with Gasteiger partial charge in [0.2, 0.25) is 5.91 Å². The van der Waals surface area contributed by atoms with Gasteiger partial charge in [-0.3, -0.25) is 14.5 Å². The van der Waals surface area contributed by atoms with Crippen LogP contribution < -0.4 is 15.0 Å². The minimum atomic E-state index is -0.510. The number of rotatable bonds is 6. The lowest BCUT2D eigenvalue weighted by Crippen LogP contribution is -2.29. The highest BCUT2D eigenvalue weighted by Gasteiger charge is 2.22. The van der Waals surface area contributed by atoms with Crippen molar-refractivity contribution in [1.82, 2.24) is 10.3 Å². The average Bonchev–Trinajstić information content (AvgIpc) is 3.05. The molecule has 1 aromatic carbocycles. The summed E-state index contributed by atoms with van der Waals surface area (Å²) < 4.78 is 18.6. The molecule has 1 aliphatic rings. The second-order valence-electron chi connectivity index (χ2n) is 5.67. The number of pyridine rings is 1. The highest BCUT2D eigenvalue weighted by Crippen LogP contribution is 2.19. The number of hydrogen-bond acceptors (Lipinski definition) is 4. The predicted molar refractivity (Wildman–Crippen MR) is 89.6 cm³/mol. The molecule has 0 saturated carbocycles. The molecule has 1 saturated heterocycles. The third kappa shape index (κ3) is 4.32. The summed E-state index contributed by atoms with van der Waals surface area (Å²) >= 11 is 0. The first kappa shape index (κ1) is 16.9. The Kier molecular flexibility index (Phi) is 5.23. The molecule has 2 aromatic rings. The topological polar surface area (TPSA) is 71.5 Å². The lowest BCUT2D eigenvalue weighted by atomic mass is 10.2. The molecule has 0 unspecified atom stereocenters. The Morgan fingerprint density at radius 2 is 2.16 bits per heavy atom. The number of para-hydroxylation sites is 1. The van der Waals surface area contributed by atoms with Gasteiger partial charge >= 0.3 is 0 Å². The maximum absolute atomic E-state index is 13.4. The van der Waals surface area contributed by atoms with E-state index in [-0.39, 0.29) is 30.7 Å². The van der Waals surface area contributed by atoms with Gasteiger partial charge in [-0.25, -0.2) is 9.37 Å². The number of amides is 2. The van der Waals surface area contributed by atoms with Gasteiger partial charge in [-0.15, -0.1) is 0 Å². The second kappa shape index (κ2) is 7.74. The lowest BCUT2D eigenvalue weighted by Gasteiger charge is -2.15. The van der Waals surface area contributed by atoms with E-state index >= 15 is 0 Å². The second-order valence-corrected chi connectivity index (χ2v) is 5.67. The standard InChI is InChI=1S/C18H18FN3O3/c19-14-4-1-2-5-15(14)25-12-17(23)21-11-13-7-8-20-16(10-13)22-9-3-6-18(22)24/h1-2,4-5,7-8,10H,3,6,9,11-12H2,(H,21,23). The van der Waals surface area contributed by atoms with Crippen molar-refractivity contribution in [1.29, 1.82) is 0 Å². The first-order valence-corrected chi connectivity index (χ1v) is 8.03. The minimum absolute atomic E-state index is 0.0383. The van der Waals surface area contributed by atoms with Crippen LogP contribution in [0.2, 0.25) is 0 Å². The summed E-state index contributed by atoms with van der Waals surface area (Å²) in [5.74, 6) is -0.177. The maximum atomic E-state index is 13.4. The van der Waals surface area contributed by atoms with Crippen LogP contribution in [-0.2, 0) is 16.1 Å². The minimum Gasteiger partial charge on any atom is -0.481 e. The molecule has 0 atom stereocenters. The monoisotopic (exact) mass is 343 g/mol. The summed E-state index contributed by atoms with van der Waals surface area (Å²) in [7, 11) is 0. The Morgan fingerprint density at radius 3 is 2.92 bits per heavy atom. The zero-order chi connectivity index (χ0) is 17.6. The number of benzene rings is 1. The van der Waals surface area contributed by atoms with Crippen LogP contribution in [0.4, 0.5) is 10.2 Å². The molecule has 7 heteroatoms. The van der Waals surface area contributed by atoms with Crippen LogP contribution in [0.15, 0.2) is 42.6 Å². The zero-order valence-electron chi connectivity index (χ0n) is 13.6. The third-order valence-electron chi connectivity index (χ3n) is 3.84. The van der Waals surface area contributed by atoms with Crippen molar-refractivity contribution in [3.8, 4) is 5.75 Å². The van der Waals surface area contributed by atoms with Gasteiger partial charge < -0.3 is 10.1 Å². The molecule has 6 nitrogen and oxygen atoms in total. The van der Waals surface area contributed by atoms with Crippen molar-refractivity contribution in [2.24, 2.45) is 0 Å². The van der Waals surface area contributed by atoms with Crippen LogP contribution in [0.25, 0.3) is 0 Å². The van der Waals surface area contributed by atoms with E-state index in [2.05, 4.69) is 10.3 Å². The summed E-state index contributed by atoms with van der Waals surface area (Å²) in [6.07, 6.45) is 2.98. The Bertz CT molecular complexity index is 782. The van der Waals surface area contributed by atoms with E-state index in [1.807, 2.05) is 0 Å². The molecule has 0 bridgehead atoms. The quantitative estimate of drug-likeness (QED) is 0.871. The van der Waals surface area contributed by atoms with Crippen LogP contribution in [0.3, 0.4) is 0 Å². The Labute approximate surface area is 144 Å². The van der Waals surface area contributed by atoms with E-state index in [9.17, 15) is 14.0 Å².